The minimum atomic E-state index is 0.232. The second kappa shape index (κ2) is 9.09. The Morgan fingerprint density at radius 3 is 1.97 bits per heavy atom. The molecule has 2 nitrogen and oxygen atoms in total. The molecule has 0 saturated carbocycles. The fourth-order valence-corrected chi connectivity index (χ4v) is 4.34. The first-order chi connectivity index (χ1) is 14.9. The first-order valence-corrected chi connectivity index (χ1v) is 11.5. The first kappa shape index (κ1) is 21.4. The van der Waals surface area contributed by atoms with Gasteiger partial charge in [-0.15, -0.1) is 0 Å². The molecule has 31 heavy (non-hydrogen) atoms. The number of nitrogens with zero attached hydrogens (tertiary/aromatic N) is 2. The highest BCUT2D eigenvalue weighted by atomic mass is 15.1. The lowest BCUT2D eigenvalue weighted by Crippen LogP contribution is -2.09. The van der Waals surface area contributed by atoms with E-state index in [1.54, 1.807) is 0 Å². The monoisotopic (exact) mass is 410 g/mol. The van der Waals surface area contributed by atoms with Gasteiger partial charge in [0.1, 0.15) is 5.82 Å². The quantitative estimate of drug-likeness (QED) is 0.307. The molecule has 0 fully saturated rings. The van der Waals surface area contributed by atoms with Crippen molar-refractivity contribution in [2.45, 2.75) is 59.4 Å². The van der Waals surface area contributed by atoms with Gasteiger partial charge in [-0.05, 0) is 52.6 Å². The number of benzene rings is 3. The minimum Gasteiger partial charge on any atom is -0.323 e. The SMILES string of the molecule is CC(C)Cc1ccc(C(C)c2nc3ccccc3n2Cc2ccc(C(C)C)cc2)cc1. The Bertz CT molecular complexity index is 1130. The third-order valence-corrected chi connectivity index (χ3v) is 6.18. The maximum Gasteiger partial charge on any atom is 0.117 e. The molecule has 1 heterocycles. The van der Waals surface area contributed by atoms with Crippen LogP contribution in [0.3, 0.4) is 0 Å². The Morgan fingerprint density at radius 2 is 1.32 bits per heavy atom. The molecule has 0 amide bonds. The van der Waals surface area contributed by atoms with Crippen LogP contribution in [-0.4, -0.2) is 9.55 Å². The molecular weight excluding hydrogens is 376 g/mol. The van der Waals surface area contributed by atoms with Crippen LogP contribution in [0.5, 0.6) is 0 Å². The van der Waals surface area contributed by atoms with E-state index in [1.165, 1.54) is 27.8 Å². The second-order valence-electron chi connectivity index (χ2n) is 9.50. The smallest absolute Gasteiger partial charge is 0.117 e. The molecule has 0 radical (unpaired) electrons. The van der Waals surface area contributed by atoms with Gasteiger partial charge in [0.05, 0.1) is 11.0 Å². The number of fused-ring (bicyclic) bond motifs is 1. The van der Waals surface area contributed by atoms with E-state index in [0.717, 1.165) is 24.3 Å². The number of hydrogen-bond donors (Lipinski definition) is 0. The summed E-state index contributed by atoms with van der Waals surface area (Å²) in [5, 5.41) is 0. The van der Waals surface area contributed by atoms with E-state index in [1.807, 2.05) is 0 Å². The van der Waals surface area contributed by atoms with Gasteiger partial charge in [0.25, 0.3) is 0 Å². The highest BCUT2D eigenvalue weighted by Gasteiger charge is 2.18. The highest BCUT2D eigenvalue weighted by molar-refractivity contribution is 5.76. The Kier molecular flexibility index (Phi) is 6.27. The lowest BCUT2D eigenvalue weighted by atomic mass is 9.96. The Labute approximate surface area is 187 Å². The molecule has 2 heteroatoms. The van der Waals surface area contributed by atoms with E-state index in [9.17, 15) is 0 Å². The summed E-state index contributed by atoms with van der Waals surface area (Å²) >= 11 is 0. The van der Waals surface area contributed by atoms with Crippen molar-refractivity contribution < 1.29 is 0 Å². The molecular formula is C29H34N2. The van der Waals surface area contributed by atoms with E-state index < -0.39 is 0 Å². The van der Waals surface area contributed by atoms with Gasteiger partial charge in [-0.25, -0.2) is 4.98 Å². The fourth-order valence-electron chi connectivity index (χ4n) is 4.34. The maximum absolute atomic E-state index is 5.06. The van der Waals surface area contributed by atoms with Crippen molar-refractivity contribution in [1.82, 2.24) is 9.55 Å². The van der Waals surface area contributed by atoms with E-state index in [-0.39, 0.29) is 5.92 Å². The third-order valence-electron chi connectivity index (χ3n) is 6.18. The fraction of sp³-hybridized carbons (Fsp3) is 0.345. The molecule has 0 aliphatic heterocycles. The molecule has 0 aliphatic carbocycles. The Morgan fingerprint density at radius 1 is 0.710 bits per heavy atom. The maximum atomic E-state index is 5.06. The van der Waals surface area contributed by atoms with Crippen LogP contribution in [0.4, 0.5) is 0 Å². The Balaban J connectivity index is 1.69. The van der Waals surface area contributed by atoms with Crippen molar-refractivity contribution in [2.24, 2.45) is 5.92 Å². The topological polar surface area (TPSA) is 17.8 Å². The van der Waals surface area contributed by atoms with Gasteiger partial charge in [0.2, 0.25) is 0 Å². The van der Waals surface area contributed by atoms with Gasteiger partial charge in [0.15, 0.2) is 0 Å². The third kappa shape index (κ3) is 4.74. The van der Waals surface area contributed by atoms with E-state index in [4.69, 9.17) is 4.98 Å². The molecule has 1 unspecified atom stereocenters. The van der Waals surface area contributed by atoms with Crippen molar-refractivity contribution in [1.29, 1.82) is 0 Å². The Hall–Kier alpha value is -2.87. The van der Waals surface area contributed by atoms with Gasteiger partial charge in [-0.2, -0.15) is 0 Å². The van der Waals surface area contributed by atoms with Crippen LogP contribution in [0.2, 0.25) is 0 Å². The predicted molar refractivity (Wildman–Crippen MR) is 132 cm³/mol. The summed E-state index contributed by atoms with van der Waals surface area (Å²) in [6.45, 7) is 12.1. The average Bonchev–Trinajstić information content (AvgIpc) is 3.12. The van der Waals surface area contributed by atoms with Crippen LogP contribution in [0.15, 0.2) is 72.8 Å². The van der Waals surface area contributed by atoms with Crippen molar-refractivity contribution in [3.63, 3.8) is 0 Å². The zero-order valence-corrected chi connectivity index (χ0v) is 19.5. The first-order valence-electron chi connectivity index (χ1n) is 11.5. The van der Waals surface area contributed by atoms with Crippen LogP contribution in [0, 0.1) is 5.92 Å². The van der Waals surface area contributed by atoms with Gasteiger partial charge < -0.3 is 4.57 Å². The summed E-state index contributed by atoms with van der Waals surface area (Å²) < 4.78 is 2.40. The average molecular weight is 411 g/mol. The normalized spacial score (nSPS) is 12.7. The molecule has 0 N–H and O–H groups in total. The molecule has 4 rings (SSSR count). The van der Waals surface area contributed by atoms with E-state index in [0.29, 0.717) is 11.8 Å². The summed E-state index contributed by atoms with van der Waals surface area (Å²) in [7, 11) is 0. The second-order valence-corrected chi connectivity index (χ2v) is 9.50. The summed E-state index contributed by atoms with van der Waals surface area (Å²) in [5.74, 6) is 2.59. The predicted octanol–water partition coefficient (Wildman–Crippen LogP) is 7.56. The van der Waals surface area contributed by atoms with Crippen LogP contribution < -0.4 is 0 Å². The molecule has 0 saturated heterocycles. The summed E-state index contributed by atoms with van der Waals surface area (Å²) in [6.07, 6.45) is 1.12. The zero-order chi connectivity index (χ0) is 22.0. The van der Waals surface area contributed by atoms with Crippen molar-refractivity contribution in [2.75, 3.05) is 0 Å². The number of hydrogen-bond acceptors (Lipinski definition) is 1. The lowest BCUT2D eigenvalue weighted by molar-refractivity contribution is 0.646. The molecule has 0 bridgehead atoms. The number of imidazole rings is 1. The highest BCUT2D eigenvalue weighted by Crippen LogP contribution is 2.29. The van der Waals surface area contributed by atoms with Gasteiger partial charge >= 0.3 is 0 Å². The molecule has 0 aliphatic rings. The standard InChI is InChI=1S/C29H34N2/c1-20(2)18-23-10-16-26(17-11-23)22(5)29-30-27-8-6-7-9-28(27)31(29)19-24-12-14-25(15-13-24)21(3)4/h6-17,20-22H,18-19H2,1-5H3. The summed E-state index contributed by atoms with van der Waals surface area (Å²) in [6, 6.07) is 26.7. The number of rotatable bonds is 7. The minimum absolute atomic E-state index is 0.232. The molecule has 1 atom stereocenters. The van der Waals surface area contributed by atoms with Crippen LogP contribution in [-0.2, 0) is 13.0 Å². The largest absolute Gasteiger partial charge is 0.323 e. The summed E-state index contributed by atoms with van der Waals surface area (Å²) in [4.78, 5) is 5.06. The van der Waals surface area contributed by atoms with Crippen LogP contribution in [0.1, 0.15) is 74.5 Å². The van der Waals surface area contributed by atoms with Crippen LogP contribution >= 0.6 is 0 Å². The van der Waals surface area contributed by atoms with Crippen molar-refractivity contribution in [3.05, 3.63) is 101 Å². The molecule has 0 spiro atoms. The summed E-state index contributed by atoms with van der Waals surface area (Å²) in [5.41, 5.74) is 7.69. The van der Waals surface area contributed by atoms with Gasteiger partial charge in [0, 0.05) is 12.5 Å². The molecule has 3 aromatic carbocycles. The lowest BCUT2D eigenvalue weighted by Gasteiger charge is -2.16. The molecule has 4 aromatic rings. The van der Waals surface area contributed by atoms with E-state index >= 15 is 0 Å². The zero-order valence-electron chi connectivity index (χ0n) is 19.5. The molecule has 160 valence electrons. The molecule has 1 aromatic heterocycles. The number of para-hydroxylation sites is 2. The van der Waals surface area contributed by atoms with Gasteiger partial charge in [-0.3, -0.25) is 0 Å². The van der Waals surface area contributed by atoms with Crippen molar-refractivity contribution >= 4 is 11.0 Å². The van der Waals surface area contributed by atoms with Crippen molar-refractivity contribution in [3.8, 4) is 0 Å². The van der Waals surface area contributed by atoms with E-state index in [2.05, 4.69) is 112 Å². The number of aromatic nitrogens is 2. The van der Waals surface area contributed by atoms with Crippen LogP contribution in [0.25, 0.3) is 11.0 Å². The van der Waals surface area contributed by atoms with Gasteiger partial charge in [-0.1, -0.05) is 95.3 Å².